The molecule has 0 aromatic heterocycles. The van der Waals surface area contributed by atoms with Gasteiger partial charge in [-0.05, 0) is 60.2 Å². The lowest BCUT2D eigenvalue weighted by atomic mass is 10.2. The Balaban J connectivity index is 1.69. The Morgan fingerprint density at radius 3 is 2.57 bits per heavy atom. The van der Waals surface area contributed by atoms with Gasteiger partial charge in [0, 0.05) is 17.8 Å². The first-order valence-corrected chi connectivity index (χ1v) is 9.01. The third-order valence-corrected chi connectivity index (χ3v) is 4.79. The van der Waals surface area contributed by atoms with Gasteiger partial charge in [-0.3, -0.25) is 29.4 Å². The summed E-state index contributed by atoms with van der Waals surface area (Å²) >= 11 is 0.723. The number of nitrogens with zero attached hydrogens (tertiary/aromatic N) is 2. The van der Waals surface area contributed by atoms with Crippen LogP contribution in [0.5, 0.6) is 0 Å². The summed E-state index contributed by atoms with van der Waals surface area (Å²) in [5, 5.41) is 12.8. The summed E-state index contributed by atoms with van der Waals surface area (Å²) in [6, 6.07) is 12.8. The average Bonchev–Trinajstić information content (AvgIpc) is 2.89. The van der Waals surface area contributed by atoms with E-state index in [0.717, 1.165) is 22.2 Å². The fourth-order valence-electron chi connectivity index (χ4n) is 2.55. The SMILES string of the molecule is Cc1cccc(NC(=O)CN2C(=O)S/C(=C\c3ccc([N+](=O)[O-])cc3)C2=O)c1. The molecule has 0 unspecified atom stereocenters. The maximum Gasteiger partial charge on any atom is 0.294 e. The fourth-order valence-corrected chi connectivity index (χ4v) is 3.39. The molecule has 0 radical (unpaired) electrons. The van der Waals surface area contributed by atoms with Gasteiger partial charge in [0.1, 0.15) is 6.54 Å². The van der Waals surface area contributed by atoms with Crippen molar-refractivity contribution in [3.05, 3.63) is 74.7 Å². The van der Waals surface area contributed by atoms with Crippen LogP contribution in [0.15, 0.2) is 53.4 Å². The summed E-state index contributed by atoms with van der Waals surface area (Å²) in [7, 11) is 0. The van der Waals surface area contributed by atoms with Crippen LogP contribution in [0.25, 0.3) is 6.08 Å². The average molecular weight is 397 g/mol. The number of nitrogens with one attached hydrogen (secondary N) is 1. The van der Waals surface area contributed by atoms with E-state index in [0.29, 0.717) is 11.3 Å². The molecule has 0 spiro atoms. The molecule has 1 N–H and O–H groups in total. The number of benzene rings is 2. The van der Waals surface area contributed by atoms with Crippen molar-refractivity contribution in [2.24, 2.45) is 0 Å². The minimum atomic E-state index is -0.576. The Morgan fingerprint density at radius 1 is 1.21 bits per heavy atom. The number of non-ortho nitro benzene ring substituents is 1. The molecule has 1 aliphatic rings. The van der Waals surface area contributed by atoms with Gasteiger partial charge in [0.25, 0.3) is 16.8 Å². The maximum atomic E-state index is 12.5. The molecule has 8 nitrogen and oxygen atoms in total. The lowest BCUT2D eigenvalue weighted by molar-refractivity contribution is -0.384. The Morgan fingerprint density at radius 2 is 1.93 bits per heavy atom. The van der Waals surface area contributed by atoms with Crippen LogP contribution in [0.1, 0.15) is 11.1 Å². The maximum absolute atomic E-state index is 12.5. The molecule has 1 aliphatic heterocycles. The molecule has 0 atom stereocenters. The van der Waals surface area contributed by atoms with Gasteiger partial charge in [-0.25, -0.2) is 0 Å². The number of amides is 3. The molecular formula is C19H15N3O5S. The highest BCUT2D eigenvalue weighted by molar-refractivity contribution is 8.18. The van der Waals surface area contributed by atoms with Gasteiger partial charge < -0.3 is 5.32 Å². The van der Waals surface area contributed by atoms with Gasteiger partial charge in [0.2, 0.25) is 5.91 Å². The van der Waals surface area contributed by atoms with Gasteiger partial charge in [0.05, 0.1) is 9.83 Å². The Bertz CT molecular complexity index is 1000. The standard InChI is InChI=1S/C19H15N3O5S/c1-12-3-2-4-14(9-12)20-17(23)11-21-18(24)16(28-19(21)25)10-13-5-7-15(8-6-13)22(26)27/h2-10H,11H2,1H3,(H,20,23)/b16-10-. The van der Waals surface area contributed by atoms with E-state index in [1.54, 1.807) is 18.2 Å². The van der Waals surface area contributed by atoms with E-state index in [4.69, 9.17) is 0 Å². The second-order valence-corrected chi connectivity index (χ2v) is 7.03. The number of aryl methyl sites for hydroxylation is 1. The quantitative estimate of drug-likeness (QED) is 0.469. The predicted molar refractivity (Wildman–Crippen MR) is 106 cm³/mol. The molecule has 1 fully saturated rings. The van der Waals surface area contributed by atoms with Crippen molar-refractivity contribution in [1.29, 1.82) is 0 Å². The van der Waals surface area contributed by atoms with Crippen LogP contribution in [0.3, 0.4) is 0 Å². The summed E-state index contributed by atoms with van der Waals surface area (Å²) in [5.41, 5.74) is 2.02. The summed E-state index contributed by atoms with van der Waals surface area (Å²) < 4.78 is 0. The summed E-state index contributed by atoms with van der Waals surface area (Å²) in [6.45, 7) is 1.49. The molecule has 0 bridgehead atoms. The first-order valence-electron chi connectivity index (χ1n) is 8.20. The number of hydrogen-bond donors (Lipinski definition) is 1. The molecule has 2 aromatic carbocycles. The van der Waals surface area contributed by atoms with Crippen molar-refractivity contribution in [3.63, 3.8) is 0 Å². The van der Waals surface area contributed by atoms with Crippen LogP contribution in [0, 0.1) is 17.0 Å². The molecule has 3 amide bonds. The van der Waals surface area contributed by atoms with E-state index in [1.165, 1.54) is 30.3 Å². The van der Waals surface area contributed by atoms with E-state index >= 15 is 0 Å². The smallest absolute Gasteiger partial charge is 0.294 e. The highest BCUT2D eigenvalue weighted by Gasteiger charge is 2.36. The van der Waals surface area contributed by atoms with Gasteiger partial charge in [-0.15, -0.1) is 0 Å². The molecule has 0 saturated carbocycles. The highest BCUT2D eigenvalue weighted by atomic mass is 32.2. The van der Waals surface area contributed by atoms with Crippen molar-refractivity contribution >= 4 is 46.3 Å². The van der Waals surface area contributed by atoms with Crippen LogP contribution >= 0.6 is 11.8 Å². The zero-order chi connectivity index (χ0) is 20.3. The zero-order valence-electron chi connectivity index (χ0n) is 14.7. The number of thioether (sulfide) groups is 1. The van der Waals surface area contributed by atoms with Gasteiger partial charge in [-0.2, -0.15) is 0 Å². The molecule has 1 saturated heterocycles. The third kappa shape index (κ3) is 4.44. The number of hydrogen-bond acceptors (Lipinski definition) is 6. The summed E-state index contributed by atoms with van der Waals surface area (Å²) in [4.78, 5) is 48.0. The van der Waals surface area contributed by atoms with E-state index in [1.807, 2.05) is 13.0 Å². The van der Waals surface area contributed by atoms with Crippen LogP contribution in [0.4, 0.5) is 16.2 Å². The van der Waals surface area contributed by atoms with Gasteiger partial charge in [-0.1, -0.05) is 12.1 Å². The van der Waals surface area contributed by atoms with E-state index in [9.17, 15) is 24.5 Å². The molecule has 2 aromatic rings. The third-order valence-electron chi connectivity index (χ3n) is 3.88. The summed E-state index contributed by atoms with van der Waals surface area (Å²) in [5.74, 6) is -1.06. The van der Waals surface area contributed by atoms with Crippen molar-refractivity contribution in [1.82, 2.24) is 4.90 Å². The number of carbonyl (C=O) groups is 3. The topological polar surface area (TPSA) is 110 Å². The number of nitro benzene ring substituents is 1. The number of nitro groups is 1. The van der Waals surface area contributed by atoms with Crippen LogP contribution in [-0.4, -0.2) is 33.4 Å². The lowest BCUT2D eigenvalue weighted by Crippen LogP contribution is -2.36. The number of carbonyl (C=O) groups excluding carboxylic acids is 3. The zero-order valence-corrected chi connectivity index (χ0v) is 15.6. The van der Waals surface area contributed by atoms with E-state index in [2.05, 4.69) is 5.32 Å². The first-order chi connectivity index (χ1) is 13.3. The fraction of sp³-hybridized carbons (Fsp3) is 0.105. The largest absolute Gasteiger partial charge is 0.325 e. The van der Waals surface area contributed by atoms with Crippen LogP contribution < -0.4 is 5.32 Å². The van der Waals surface area contributed by atoms with Gasteiger partial charge >= 0.3 is 0 Å². The molecule has 0 aliphatic carbocycles. The van der Waals surface area contributed by atoms with Crippen LogP contribution in [-0.2, 0) is 9.59 Å². The second kappa shape index (κ2) is 8.05. The van der Waals surface area contributed by atoms with Crippen molar-refractivity contribution in [2.75, 3.05) is 11.9 Å². The molecule has 28 heavy (non-hydrogen) atoms. The molecule has 1 heterocycles. The normalized spacial score (nSPS) is 15.2. The van der Waals surface area contributed by atoms with Crippen molar-refractivity contribution in [3.8, 4) is 0 Å². The Kier molecular flexibility index (Phi) is 5.55. The van der Waals surface area contributed by atoms with Crippen LogP contribution in [0.2, 0.25) is 0 Å². The minimum absolute atomic E-state index is 0.0712. The van der Waals surface area contributed by atoms with Crippen molar-refractivity contribution in [2.45, 2.75) is 6.92 Å². The number of rotatable bonds is 5. The Hall–Kier alpha value is -3.46. The monoisotopic (exact) mass is 397 g/mol. The summed E-state index contributed by atoms with van der Waals surface area (Å²) in [6.07, 6.45) is 1.47. The molecular weight excluding hydrogens is 382 g/mol. The highest BCUT2D eigenvalue weighted by Crippen LogP contribution is 2.32. The molecule has 142 valence electrons. The molecule has 9 heteroatoms. The lowest BCUT2D eigenvalue weighted by Gasteiger charge is -2.12. The number of anilines is 1. The number of imide groups is 1. The second-order valence-electron chi connectivity index (χ2n) is 6.03. The van der Waals surface area contributed by atoms with Crippen molar-refractivity contribution < 1.29 is 19.3 Å². The predicted octanol–water partition coefficient (Wildman–Crippen LogP) is 3.58. The first kappa shape index (κ1) is 19.3. The Labute approximate surface area is 164 Å². The molecule has 3 rings (SSSR count). The minimum Gasteiger partial charge on any atom is -0.325 e. The van der Waals surface area contributed by atoms with E-state index < -0.39 is 28.5 Å². The van der Waals surface area contributed by atoms with Gasteiger partial charge in [0.15, 0.2) is 0 Å². The van der Waals surface area contributed by atoms with E-state index in [-0.39, 0.29) is 10.6 Å².